The summed E-state index contributed by atoms with van der Waals surface area (Å²) in [6.45, 7) is 3.64. The number of aliphatic hydroxyl groups is 1. The van der Waals surface area contributed by atoms with Crippen molar-refractivity contribution in [2.45, 2.75) is 51.6 Å². The van der Waals surface area contributed by atoms with Gasteiger partial charge in [-0.15, -0.1) is 0 Å². The lowest BCUT2D eigenvalue weighted by Gasteiger charge is -2.35. The van der Waals surface area contributed by atoms with Crippen LogP contribution in [0.4, 0.5) is 17.6 Å². The summed E-state index contributed by atoms with van der Waals surface area (Å²) in [7, 11) is 0. The SMILES string of the molecule is C[C@@H](CO)Nc1ncc2nc(Nc3c(Cl)cc(C#N)cc3Cl)n([C@H]3CC[C@@](C)(C(N)=O)CC3)c2n1. The number of hydrogen-bond donors (Lipinski definition) is 4. The van der Waals surface area contributed by atoms with E-state index in [1.807, 2.05) is 24.5 Å². The van der Waals surface area contributed by atoms with Crippen LogP contribution < -0.4 is 16.4 Å². The van der Waals surface area contributed by atoms with Crippen LogP contribution in [0, 0.1) is 16.7 Å². The summed E-state index contributed by atoms with van der Waals surface area (Å²) in [5, 5.41) is 25.4. The van der Waals surface area contributed by atoms with Crippen molar-refractivity contribution in [2.24, 2.45) is 11.1 Å². The summed E-state index contributed by atoms with van der Waals surface area (Å²) in [6.07, 6.45) is 4.24. The second-order valence-corrected chi connectivity index (χ2v) is 9.96. The average molecular weight is 517 g/mol. The third kappa shape index (κ3) is 4.98. The van der Waals surface area contributed by atoms with Gasteiger partial charge in [-0.3, -0.25) is 9.36 Å². The number of nitrogens with two attached hydrogens (primary N) is 1. The minimum absolute atomic E-state index is 0.0242. The van der Waals surface area contributed by atoms with Crippen molar-refractivity contribution < 1.29 is 9.90 Å². The van der Waals surface area contributed by atoms with Gasteiger partial charge in [-0.1, -0.05) is 30.1 Å². The molecule has 1 fully saturated rings. The fraction of sp³-hybridized carbons (Fsp3) is 0.435. The predicted molar refractivity (Wildman–Crippen MR) is 135 cm³/mol. The average Bonchev–Trinajstić information content (AvgIpc) is 3.18. The summed E-state index contributed by atoms with van der Waals surface area (Å²) < 4.78 is 1.97. The molecule has 1 aliphatic carbocycles. The topological polar surface area (TPSA) is 155 Å². The molecule has 1 saturated carbocycles. The van der Waals surface area contributed by atoms with E-state index in [0.717, 1.165) is 0 Å². The van der Waals surface area contributed by atoms with Crippen LogP contribution in [0.25, 0.3) is 11.2 Å². The molecule has 1 aromatic carbocycles. The van der Waals surface area contributed by atoms with Crippen molar-refractivity contribution in [2.75, 3.05) is 17.2 Å². The molecule has 0 aliphatic heterocycles. The van der Waals surface area contributed by atoms with Crippen molar-refractivity contribution in [3.05, 3.63) is 33.9 Å². The van der Waals surface area contributed by atoms with E-state index in [1.54, 1.807) is 6.20 Å². The minimum atomic E-state index is -0.557. The summed E-state index contributed by atoms with van der Waals surface area (Å²) in [4.78, 5) is 25.7. The molecule has 1 amide bonds. The highest BCUT2D eigenvalue weighted by Gasteiger charge is 2.37. The molecular formula is C23H26Cl2N8O2. The van der Waals surface area contributed by atoms with Crippen molar-refractivity contribution in [1.82, 2.24) is 19.5 Å². The first-order chi connectivity index (χ1) is 16.6. The maximum absolute atomic E-state index is 12.0. The van der Waals surface area contributed by atoms with Gasteiger partial charge in [0.05, 0.1) is 40.2 Å². The smallest absolute Gasteiger partial charge is 0.225 e. The van der Waals surface area contributed by atoms with Gasteiger partial charge in [0.25, 0.3) is 0 Å². The van der Waals surface area contributed by atoms with E-state index in [2.05, 4.69) is 20.6 Å². The number of hydrogen-bond acceptors (Lipinski definition) is 8. The Kier molecular flexibility index (Phi) is 7.03. The molecule has 0 spiro atoms. The number of benzene rings is 1. The van der Waals surface area contributed by atoms with E-state index in [0.29, 0.717) is 60.0 Å². The minimum Gasteiger partial charge on any atom is -0.394 e. The van der Waals surface area contributed by atoms with Crippen molar-refractivity contribution in [3.8, 4) is 6.07 Å². The molecule has 2 aromatic heterocycles. The number of aliphatic hydroxyl groups excluding tert-OH is 1. The molecule has 3 aromatic rings. The normalized spacial score (nSPS) is 20.9. The molecule has 35 heavy (non-hydrogen) atoms. The molecule has 10 nitrogen and oxygen atoms in total. The van der Waals surface area contributed by atoms with E-state index in [-0.39, 0.29) is 34.6 Å². The van der Waals surface area contributed by atoms with Gasteiger partial charge in [0.1, 0.15) is 5.52 Å². The van der Waals surface area contributed by atoms with Gasteiger partial charge < -0.3 is 21.5 Å². The largest absolute Gasteiger partial charge is 0.394 e. The highest BCUT2D eigenvalue weighted by Crippen LogP contribution is 2.43. The van der Waals surface area contributed by atoms with Crippen LogP contribution in [0.3, 0.4) is 0 Å². The third-order valence-corrected chi connectivity index (χ3v) is 7.10. The van der Waals surface area contributed by atoms with Gasteiger partial charge >= 0.3 is 0 Å². The van der Waals surface area contributed by atoms with E-state index >= 15 is 0 Å². The second kappa shape index (κ2) is 9.85. The Morgan fingerprint density at radius 2 is 2.00 bits per heavy atom. The molecule has 4 rings (SSSR count). The van der Waals surface area contributed by atoms with E-state index in [9.17, 15) is 15.2 Å². The molecule has 0 unspecified atom stereocenters. The summed E-state index contributed by atoms with van der Waals surface area (Å²) in [6, 6.07) is 4.83. The molecular weight excluding hydrogens is 491 g/mol. The highest BCUT2D eigenvalue weighted by atomic mass is 35.5. The lowest BCUT2D eigenvalue weighted by Crippen LogP contribution is -2.38. The number of nitrogens with one attached hydrogen (secondary N) is 2. The van der Waals surface area contributed by atoms with Crippen LogP contribution in [-0.2, 0) is 4.79 Å². The van der Waals surface area contributed by atoms with Crippen LogP contribution in [-0.4, -0.2) is 43.2 Å². The number of halogens is 2. The summed E-state index contributed by atoms with van der Waals surface area (Å²) in [5.74, 6) is 0.523. The second-order valence-electron chi connectivity index (χ2n) is 9.14. The molecule has 5 N–H and O–H groups in total. The number of carbonyl (C=O) groups is 1. The lowest BCUT2D eigenvalue weighted by molar-refractivity contribution is -0.128. The first kappa shape index (κ1) is 25.0. The zero-order valence-electron chi connectivity index (χ0n) is 19.3. The third-order valence-electron chi connectivity index (χ3n) is 6.51. The van der Waals surface area contributed by atoms with Gasteiger partial charge in [0, 0.05) is 17.5 Å². The Balaban J connectivity index is 1.78. The Morgan fingerprint density at radius 3 is 2.57 bits per heavy atom. The number of amides is 1. The fourth-order valence-electron chi connectivity index (χ4n) is 4.27. The van der Waals surface area contributed by atoms with Gasteiger partial charge in [0.15, 0.2) is 5.65 Å². The number of imidazole rings is 1. The number of carbonyl (C=O) groups excluding carboxylic acids is 1. The molecule has 184 valence electrons. The molecule has 12 heteroatoms. The summed E-state index contributed by atoms with van der Waals surface area (Å²) >= 11 is 12.8. The maximum Gasteiger partial charge on any atom is 0.225 e. The Bertz CT molecular complexity index is 1290. The Morgan fingerprint density at radius 1 is 1.34 bits per heavy atom. The quantitative estimate of drug-likeness (QED) is 0.364. The van der Waals surface area contributed by atoms with Crippen LogP contribution in [0.1, 0.15) is 51.1 Å². The first-order valence-corrected chi connectivity index (χ1v) is 12.0. The molecule has 0 radical (unpaired) electrons. The van der Waals surface area contributed by atoms with E-state index < -0.39 is 5.41 Å². The van der Waals surface area contributed by atoms with Gasteiger partial charge in [-0.2, -0.15) is 10.2 Å². The number of nitrogens with zero attached hydrogens (tertiary/aromatic N) is 5. The van der Waals surface area contributed by atoms with Crippen LogP contribution in [0.2, 0.25) is 10.0 Å². The van der Waals surface area contributed by atoms with Gasteiger partial charge in [-0.05, 0) is 44.7 Å². The van der Waals surface area contributed by atoms with Gasteiger partial charge in [-0.25, -0.2) is 9.97 Å². The zero-order valence-corrected chi connectivity index (χ0v) is 20.9. The van der Waals surface area contributed by atoms with Crippen LogP contribution in [0.15, 0.2) is 18.3 Å². The molecule has 2 heterocycles. The number of anilines is 3. The maximum atomic E-state index is 12.0. The van der Waals surface area contributed by atoms with E-state index in [1.165, 1.54) is 12.1 Å². The first-order valence-electron chi connectivity index (χ1n) is 11.2. The highest BCUT2D eigenvalue weighted by molar-refractivity contribution is 6.39. The number of rotatable bonds is 7. The molecule has 0 bridgehead atoms. The summed E-state index contributed by atoms with van der Waals surface area (Å²) in [5.41, 5.74) is 7.00. The Hall–Kier alpha value is -3.13. The standard InChI is InChI=1S/C23H26Cl2N8O2/c1-12(11-34)29-21-28-10-17-19(32-21)33(14-3-5-23(2,6-4-14)20(27)35)22(30-17)31-18-15(24)7-13(9-26)8-16(18)25/h7-8,10,12,14,34H,3-6,11H2,1-2H3,(H2,27,35)(H,30,31)(H,28,29,32)/t12-,14-,23+/m0/s1. The number of nitriles is 1. The fourth-order valence-corrected chi connectivity index (χ4v) is 4.86. The molecule has 1 atom stereocenters. The number of fused-ring (bicyclic) bond motifs is 1. The van der Waals surface area contributed by atoms with Crippen LogP contribution in [0.5, 0.6) is 0 Å². The lowest BCUT2D eigenvalue weighted by atomic mass is 9.73. The van der Waals surface area contributed by atoms with Crippen molar-refractivity contribution in [3.63, 3.8) is 0 Å². The van der Waals surface area contributed by atoms with Crippen molar-refractivity contribution >= 4 is 57.9 Å². The predicted octanol–water partition coefficient (Wildman–Crippen LogP) is 4.15. The Labute approximate surface area is 212 Å². The zero-order chi connectivity index (χ0) is 25.3. The number of aromatic nitrogens is 4. The number of primary amides is 1. The van der Waals surface area contributed by atoms with Gasteiger partial charge in [0.2, 0.25) is 17.8 Å². The molecule has 1 aliphatic rings. The van der Waals surface area contributed by atoms with Crippen molar-refractivity contribution in [1.29, 1.82) is 5.26 Å². The van der Waals surface area contributed by atoms with E-state index in [4.69, 9.17) is 33.9 Å². The monoisotopic (exact) mass is 516 g/mol. The molecule has 0 saturated heterocycles. The van der Waals surface area contributed by atoms with Crippen LogP contribution >= 0.6 is 23.2 Å².